The second-order valence-corrected chi connectivity index (χ2v) is 24.1. The van der Waals surface area contributed by atoms with Crippen LogP contribution in [0.2, 0.25) is 0 Å². The number of allylic oxidation sites excluding steroid dienone is 4. The maximum atomic E-state index is 10.9. The van der Waals surface area contributed by atoms with Crippen molar-refractivity contribution in [1.82, 2.24) is 0 Å². The van der Waals surface area contributed by atoms with Gasteiger partial charge in [0.1, 0.15) is 6.29 Å². The van der Waals surface area contributed by atoms with Crippen molar-refractivity contribution in [2.75, 3.05) is 6.61 Å². The number of hydrogen-bond donors (Lipinski definition) is 1. The highest BCUT2D eigenvalue weighted by Crippen LogP contribution is 2.69. The van der Waals surface area contributed by atoms with E-state index in [1.54, 1.807) is 0 Å². The molecule has 1 N–H and O–H groups in total. The molecule has 2 nitrogen and oxygen atoms in total. The zero-order chi connectivity index (χ0) is 41.8. The minimum absolute atomic E-state index is 0.367. The monoisotopic (exact) mass is 874 g/mol. The molecule has 0 aromatic rings. The molecule has 0 radical (unpaired) electrons. The molecule has 7 heteroatoms. The molecule has 8 aliphatic rings. The van der Waals surface area contributed by atoms with Gasteiger partial charge in [-0.3, -0.25) is 0 Å². The van der Waals surface area contributed by atoms with Crippen molar-refractivity contribution < 1.29 is 9.90 Å². The zero-order valence-corrected chi connectivity index (χ0v) is 41.5. The van der Waals surface area contributed by atoms with Crippen LogP contribution in [0.15, 0.2) is 23.3 Å². The molecule has 16 atom stereocenters. The molecule has 0 aliphatic heterocycles. The standard InChI is InChI=1S/C25H42O.C25H40O.S3.S2/c2*1-17-11-13-24(3)19(16-17)7-8-20-22-10-9-21(18(2)6-5-15-26)25(22,4)14-12-23(20)24;1-3-2;1-2/h7,17-18,20-23,26H,5-6,8-16H2,1-4H3;7,15,17-18,20-23H,5-6,8-14,16H2,1-4H3;;/t2*17-,18+,20-,21+,22-,23-,24-,25+;;/m00../s1. The summed E-state index contributed by atoms with van der Waals surface area (Å²) in [6.07, 6.45) is 33.5. The first-order valence-electron chi connectivity index (χ1n) is 23.7. The molecule has 8 rings (SSSR count). The Morgan fingerprint density at radius 3 is 1.51 bits per heavy atom. The Balaban J connectivity index is 0.000000196. The first-order valence-corrected chi connectivity index (χ1v) is 27.7. The van der Waals surface area contributed by atoms with E-state index in [-0.39, 0.29) is 0 Å². The molecule has 0 amide bonds. The van der Waals surface area contributed by atoms with Gasteiger partial charge in [0.05, 0.1) is 0 Å². The normalized spacial score (nSPS) is 44.9. The van der Waals surface area contributed by atoms with Gasteiger partial charge in [-0.25, -0.2) is 0 Å². The molecule has 0 saturated heterocycles. The van der Waals surface area contributed by atoms with Crippen LogP contribution in [0.1, 0.15) is 184 Å². The number of aliphatic hydroxyl groups excluding tert-OH is 1. The van der Waals surface area contributed by atoms with Crippen LogP contribution in [0.25, 0.3) is 0 Å². The van der Waals surface area contributed by atoms with Crippen molar-refractivity contribution in [3.63, 3.8) is 0 Å². The summed E-state index contributed by atoms with van der Waals surface area (Å²) in [5.74, 6) is 10.7. The van der Waals surface area contributed by atoms with E-state index in [0.29, 0.717) is 34.2 Å². The number of hydrogen-bond acceptors (Lipinski definition) is 6. The van der Waals surface area contributed by atoms with E-state index in [0.717, 1.165) is 99.5 Å². The summed E-state index contributed by atoms with van der Waals surface area (Å²) in [7, 11) is 0.917. The van der Waals surface area contributed by atoms with Crippen LogP contribution in [0.4, 0.5) is 0 Å². The molecule has 0 spiro atoms. The lowest BCUT2D eigenvalue weighted by atomic mass is 9.46. The van der Waals surface area contributed by atoms with E-state index >= 15 is 0 Å². The number of carbonyl (C=O) groups excluding carboxylic acids is 1. The molecule has 57 heavy (non-hydrogen) atoms. The van der Waals surface area contributed by atoms with Crippen molar-refractivity contribution in [1.29, 1.82) is 0 Å². The van der Waals surface area contributed by atoms with Gasteiger partial charge in [0.2, 0.25) is 0 Å². The fourth-order valence-corrected chi connectivity index (χ4v) is 16.8. The van der Waals surface area contributed by atoms with Gasteiger partial charge in [-0.2, -0.15) is 0 Å². The van der Waals surface area contributed by atoms with E-state index in [1.165, 1.54) is 109 Å². The minimum atomic E-state index is 0.367. The molecule has 0 aromatic carbocycles. The van der Waals surface area contributed by atoms with Gasteiger partial charge in [-0.05, 0) is 215 Å². The van der Waals surface area contributed by atoms with Gasteiger partial charge in [0, 0.05) is 66.7 Å². The Morgan fingerprint density at radius 2 is 1.11 bits per heavy atom. The van der Waals surface area contributed by atoms with E-state index in [9.17, 15) is 9.90 Å². The average Bonchev–Trinajstić information content (AvgIpc) is 3.75. The lowest BCUT2D eigenvalue weighted by Crippen LogP contribution is -2.50. The van der Waals surface area contributed by atoms with E-state index in [1.807, 2.05) is 11.1 Å². The number of rotatable bonds is 8. The van der Waals surface area contributed by atoms with Crippen LogP contribution in [0.5, 0.6) is 0 Å². The van der Waals surface area contributed by atoms with Crippen molar-refractivity contribution in [3.8, 4) is 0 Å². The molecule has 0 aromatic heterocycles. The van der Waals surface area contributed by atoms with Crippen LogP contribution in [-0.2, 0) is 58.4 Å². The van der Waals surface area contributed by atoms with Crippen LogP contribution >= 0.6 is 0 Å². The van der Waals surface area contributed by atoms with Crippen LogP contribution < -0.4 is 0 Å². The second-order valence-electron chi connectivity index (χ2n) is 22.3. The SMILES string of the molecule is C[C@H]1CC[C@@]2(C)C(=CC[C@H]3[C@@H]4CC[C@H]([C@H](C)CCC=O)[C@@]4(C)CC[C@@H]32)C1.C[C@H]1CC[C@@]2(C)C(=CC[C@H]3[C@@H]4CC[C@H]([C@H](C)CCCO)[C@@]4(C)CC[C@@H]32)C1.S=S.S=S=S. The van der Waals surface area contributed by atoms with Crippen molar-refractivity contribution in [2.45, 2.75) is 184 Å². The minimum Gasteiger partial charge on any atom is -0.396 e. The number of fused-ring (bicyclic) bond motifs is 10. The molecule has 324 valence electrons. The molecule has 0 heterocycles. The van der Waals surface area contributed by atoms with Gasteiger partial charge < -0.3 is 9.90 Å². The number of aldehydes is 1. The summed E-state index contributed by atoms with van der Waals surface area (Å²) < 4.78 is 0. The summed E-state index contributed by atoms with van der Waals surface area (Å²) in [5, 5.41) is 9.26. The maximum absolute atomic E-state index is 10.9. The van der Waals surface area contributed by atoms with Crippen LogP contribution in [0, 0.1) is 92.7 Å². The highest BCUT2D eigenvalue weighted by atomic mass is 33.1. The first kappa shape index (κ1) is 48.2. The summed E-state index contributed by atoms with van der Waals surface area (Å²) in [5.41, 5.74) is 5.81. The summed E-state index contributed by atoms with van der Waals surface area (Å²) in [6.45, 7) is 20.7. The molecule has 0 bridgehead atoms. The van der Waals surface area contributed by atoms with Gasteiger partial charge in [0.25, 0.3) is 0 Å². The second kappa shape index (κ2) is 20.6. The fraction of sp³-hybridized carbons (Fsp3) is 0.900. The predicted molar refractivity (Wildman–Crippen MR) is 255 cm³/mol. The van der Waals surface area contributed by atoms with Gasteiger partial charge in [-0.15, -0.1) is 0 Å². The highest BCUT2D eigenvalue weighted by molar-refractivity contribution is 8.37. The summed E-state index contributed by atoms with van der Waals surface area (Å²) in [6, 6.07) is 0. The largest absolute Gasteiger partial charge is 0.396 e. The lowest BCUT2D eigenvalue weighted by Gasteiger charge is -2.58. The molecular weight excluding hydrogens is 793 g/mol. The van der Waals surface area contributed by atoms with Crippen molar-refractivity contribution in [3.05, 3.63) is 23.3 Å². The van der Waals surface area contributed by atoms with Crippen LogP contribution in [0.3, 0.4) is 0 Å². The molecule has 8 aliphatic carbocycles. The maximum Gasteiger partial charge on any atom is 0.120 e. The topological polar surface area (TPSA) is 37.3 Å². The van der Waals surface area contributed by atoms with Crippen molar-refractivity contribution >= 4 is 59.9 Å². The highest BCUT2D eigenvalue weighted by Gasteiger charge is 2.60. The Hall–Kier alpha value is 0.210. The van der Waals surface area contributed by atoms with Gasteiger partial charge >= 0.3 is 0 Å². The Morgan fingerprint density at radius 1 is 0.684 bits per heavy atom. The lowest BCUT2D eigenvalue weighted by molar-refractivity contribution is -0.108. The first-order chi connectivity index (χ1) is 27.2. The van der Waals surface area contributed by atoms with E-state index < -0.39 is 0 Å². The average molecular weight is 876 g/mol. The van der Waals surface area contributed by atoms with Gasteiger partial charge in [0.15, 0.2) is 0 Å². The quantitative estimate of drug-likeness (QED) is 0.193. The van der Waals surface area contributed by atoms with Crippen LogP contribution in [-0.4, -0.2) is 18.0 Å². The fourth-order valence-electron chi connectivity index (χ4n) is 16.8. The predicted octanol–water partition coefficient (Wildman–Crippen LogP) is 13.4. The third-order valence-corrected chi connectivity index (χ3v) is 19.8. The van der Waals surface area contributed by atoms with Crippen molar-refractivity contribution in [2.24, 2.45) is 92.7 Å². The number of carbonyl (C=O) groups is 1. The smallest absolute Gasteiger partial charge is 0.120 e. The third-order valence-electron chi connectivity index (χ3n) is 19.8. The molecule has 0 unspecified atom stereocenters. The van der Waals surface area contributed by atoms with E-state index in [4.69, 9.17) is 0 Å². The Labute approximate surface area is 373 Å². The summed E-state index contributed by atoms with van der Waals surface area (Å²) in [4.78, 5) is 10.9. The Kier molecular flexibility index (Phi) is 17.4. The number of aliphatic hydroxyl groups is 1. The molecule has 6 fully saturated rings. The summed E-state index contributed by atoms with van der Waals surface area (Å²) >= 11 is 15.6. The van der Waals surface area contributed by atoms with E-state index in [2.05, 4.69) is 112 Å². The molecule has 6 saturated carbocycles. The zero-order valence-electron chi connectivity index (χ0n) is 37.4. The Bertz CT molecular complexity index is 1460. The van der Waals surface area contributed by atoms with Gasteiger partial charge in [-0.1, -0.05) is 78.7 Å². The third kappa shape index (κ3) is 9.45. The molecular formula is C50H82O2S5.